The van der Waals surface area contributed by atoms with Gasteiger partial charge in [-0.1, -0.05) is 0 Å². The molecular formula is C24H44CaFeO28. The zero-order valence-electron chi connectivity index (χ0n) is 27.3. The number of aliphatic hydroxyl groups is 20. The number of carboxylic acids is 4. The molecule has 0 radical (unpaired) electrons. The van der Waals surface area contributed by atoms with Crippen LogP contribution in [-0.2, 0) is 36.2 Å². The van der Waals surface area contributed by atoms with Crippen LogP contribution in [0.5, 0.6) is 0 Å². The minimum absolute atomic E-state index is 0. The van der Waals surface area contributed by atoms with Crippen LogP contribution in [0.3, 0.4) is 0 Å². The molecule has 0 saturated heterocycles. The molecule has 318 valence electrons. The molecule has 0 spiro atoms. The molecular weight excluding hydrogens is 832 g/mol. The van der Waals surface area contributed by atoms with Crippen molar-refractivity contribution in [1.29, 1.82) is 0 Å². The van der Waals surface area contributed by atoms with Crippen molar-refractivity contribution in [2.75, 3.05) is 26.4 Å². The fourth-order valence-electron chi connectivity index (χ4n) is 2.65. The van der Waals surface area contributed by atoms with Gasteiger partial charge in [-0.2, -0.15) is 0 Å². The molecule has 28 nitrogen and oxygen atoms in total. The van der Waals surface area contributed by atoms with Crippen molar-refractivity contribution in [2.45, 2.75) is 97.7 Å². The molecule has 30 heteroatoms. The van der Waals surface area contributed by atoms with Gasteiger partial charge >= 0.3 is 54.8 Å². The number of aliphatic carboxylic acids is 4. The molecule has 0 aliphatic heterocycles. The van der Waals surface area contributed by atoms with Crippen LogP contribution >= 0.6 is 0 Å². The second-order valence-electron chi connectivity index (χ2n) is 9.98. The van der Waals surface area contributed by atoms with Crippen LogP contribution in [0.2, 0.25) is 0 Å². The summed E-state index contributed by atoms with van der Waals surface area (Å²) >= 11 is 0. The van der Waals surface area contributed by atoms with Crippen LogP contribution in [0.4, 0.5) is 0 Å². The SMILES string of the molecule is O=C([O-])[C@H](O)[C@@H](O)[C@H](O)[C@H](O)CO.O=C([O-])[C@H](O)[C@@H](O)[C@H](O)[C@H](O)CO.O=C([O-])[C@H](O)[C@@H](O)[C@H](O)[C@H](O)CO.O=C([O-])[C@H](O)[C@@H](O)[C@H](O)[C@H](O)CO.[Ca+2].[Fe+2]. The van der Waals surface area contributed by atoms with E-state index in [1.807, 2.05) is 0 Å². The van der Waals surface area contributed by atoms with Crippen molar-refractivity contribution in [1.82, 2.24) is 0 Å². The Hall–Kier alpha value is -1.14. The summed E-state index contributed by atoms with van der Waals surface area (Å²) in [7, 11) is 0. The normalized spacial score (nSPS) is 19.6. The summed E-state index contributed by atoms with van der Waals surface area (Å²) in [5.74, 6) is -7.90. The number of rotatable bonds is 20. The summed E-state index contributed by atoms with van der Waals surface area (Å²) in [6, 6.07) is 0. The number of carbonyl (C=O) groups is 4. The maximum absolute atomic E-state index is 9.98. The van der Waals surface area contributed by atoms with Gasteiger partial charge in [0.1, 0.15) is 97.7 Å². The van der Waals surface area contributed by atoms with E-state index in [1.165, 1.54) is 0 Å². The molecule has 0 aliphatic rings. The van der Waals surface area contributed by atoms with Crippen LogP contribution in [0.25, 0.3) is 0 Å². The van der Waals surface area contributed by atoms with Gasteiger partial charge in [-0.05, 0) is 0 Å². The first-order chi connectivity index (χ1) is 23.7. The summed E-state index contributed by atoms with van der Waals surface area (Å²) in [4.78, 5) is 39.9. The Labute approximate surface area is 343 Å². The summed E-state index contributed by atoms with van der Waals surface area (Å²) in [6.07, 6.45) is -32.3. The van der Waals surface area contributed by atoms with E-state index in [0.717, 1.165) is 0 Å². The molecule has 54 heavy (non-hydrogen) atoms. The van der Waals surface area contributed by atoms with E-state index >= 15 is 0 Å². The van der Waals surface area contributed by atoms with E-state index in [2.05, 4.69) is 0 Å². The van der Waals surface area contributed by atoms with Gasteiger partial charge in [0.05, 0.1) is 50.3 Å². The van der Waals surface area contributed by atoms with Gasteiger partial charge in [0.2, 0.25) is 0 Å². The molecule has 0 bridgehead atoms. The minimum atomic E-state index is -2.31. The van der Waals surface area contributed by atoms with Gasteiger partial charge in [-0.25, -0.2) is 0 Å². The van der Waals surface area contributed by atoms with E-state index in [0.29, 0.717) is 0 Å². The maximum Gasteiger partial charge on any atom is 2.00 e. The predicted molar refractivity (Wildman–Crippen MR) is 150 cm³/mol. The van der Waals surface area contributed by atoms with E-state index in [9.17, 15) is 39.6 Å². The Kier molecular flexibility index (Phi) is 40.7. The largest absolute Gasteiger partial charge is 2.00 e. The quantitative estimate of drug-likeness (QED) is 0.0505. The summed E-state index contributed by atoms with van der Waals surface area (Å²) < 4.78 is 0. The Morgan fingerprint density at radius 1 is 0.315 bits per heavy atom. The van der Waals surface area contributed by atoms with Crippen molar-refractivity contribution in [3.05, 3.63) is 0 Å². The smallest absolute Gasteiger partial charge is 0.547 e. The molecule has 0 rings (SSSR count). The van der Waals surface area contributed by atoms with E-state index in [4.69, 9.17) is 102 Å². The Morgan fingerprint density at radius 2 is 0.426 bits per heavy atom. The molecule has 16 atom stereocenters. The fraction of sp³-hybridized carbons (Fsp3) is 0.833. The van der Waals surface area contributed by atoms with Crippen LogP contribution < -0.4 is 20.4 Å². The van der Waals surface area contributed by atoms with Crippen LogP contribution in [0.1, 0.15) is 0 Å². The molecule has 0 unspecified atom stereocenters. The molecule has 0 aromatic heterocycles. The molecule has 0 amide bonds. The molecule has 0 fully saturated rings. The first kappa shape index (κ1) is 64.7. The van der Waals surface area contributed by atoms with Crippen LogP contribution in [-0.4, -0.2) is 288 Å². The van der Waals surface area contributed by atoms with Crippen LogP contribution in [0.15, 0.2) is 0 Å². The summed E-state index contributed by atoms with van der Waals surface area (Å²) in [5.41, 5.74) is 0. The van der Waals surface area contributed by atoms with Gasteiger partial charge in [-0.3, -0.25) is 0 Å². The molecule has 0 heterocycles. The van der Waals surface area contributed by atoms with Gasteiger partial charge in [0, 0.05) is 0 Å². The summed E-state index contributed by atoms with van der Waals surface area (Å²) in [6.45, 7) is -3.45. The molecule has 0 aromatic rings. The third kappa shape index (κ3) is 25.2. The Balaban J connectivity index is -0.000000140. The first-order valence-electron chi connectivity index (χ1n) is 13.8. The second kappa shape index (κ2) is 33.9. The third-order valence-corrected chi connectivity index (χ3v) is 5.98. The topological polar surface area (TPSA) is 565 Å². The number of hydrogen-bond donors (Lipinski definition) is 20. The van der Waals surface area contributed by atoms with Crippen molar-refractivity contribution < 1.29 is 159 Å². The standard InChI is InChI=1S/4C6H12O7.Ca.Fe/c4*7-1-2(8)3(9)4(10)5(11)6(12)13;;/h4*2-5,7-11H,1H2,(H,12,13);;/q;;;;2*+2/p-4/t4*2-,3-,4+,5-;;/m1111../s1. The van der Waals surface area contributed by atoms with Crippen molar-refractivity contribution in [3.8, 4) is 0 Å². The number of carbonyl (C=O) groups excluding carboxylic acids is 4. The van der Waals surface area contributed by atoms with Crippen molar-refractivity contribution in [3.63, 3.8) is 0 Å². The number of carboxylic acid groups (broad SMARTS) is 4. The molecule has 0 saturated carbocycles. The van der Waals surface area contributed by atoms with Gasteiger partial charge in [-0.15, -0.1) is 0 Å². The van der Waals surface area contributed by atoms with E-state index in [1.54, 1.807) is 0 Å². The van der Waals surface area contributed by atoms with Crippen LogP contribution in [0, 0.1) is 0 Å². The molecule has 0 aliphatic carbocycles. The number of aliphatic hydroxyl groups excluding tert-OH is 20. The van der Waals surface area contributed by atoms with E-state index in [-0.39, 0.29) is 54.8 Å². The predicted octanol–water partition coefficient (Wildman–Crippen LogP) is -19.7. The molecule has 20 N–H and O–H groups in total. The zero-order valence-corrected chi connectivity index (χ0v) is 30.6. The molecule has 0 aromatic carbocycles. The minimum Gasteiger partial charge on any atom is -0.547 e. The average Bonchev–Trinajstić information content (AvgIpc) is 3.12. The monoisotopic (exact) mass is 876 g/mol. The van der Waals surface area contributed by atoms with Gasteiger partial charge in [0.15, 0.2) is 0 Å². The average molecular weight is 877 g/mol. The maximum atomic E-state index is 9.98. The summed E-state index contributed by atoms with van der Waals surface area (Å²) in [5, 5.41) is 214. The second-order valence-corrected chi connectivity index (χ2v) is 9.98. The first-order valence-corrected chi connectivity index (χ1v) is 13.8. The third-order valence-electron chi connectivity index (χ3n) is 5.98. The number of hydrogen-bond acceptors (Lipinski definition) is 28. The Bertz CT molecular complexity index is 848. The van der Waals surface area contributed by atoms with Gasteiger partial charge in [0.25, 0.3) is 0 Å². The van der Waals surface area contributed by atoms with Crippen molar-refractivity contribution in [2.24, 2.45) is 0 Å². The van der Waals surface area contributed by atoms with E-state index < -0.39 is 148 Å². The van der Waals surface area contributed by atoms with Crippen molar-refractivity contribution >= 4 is 61.6 Å². The zero-order chi connectivity index (χ0) is 42.4. The Morgan fingerprint density at radius 3 is 0.500 bits per heavy atom. The fourth-order valence-corrected chi connectivity index (χ4v) is 2.65. The van der Waals surface area contributed by atoms with Gasteiger partial charge < -0.3 is 142 Å².